The number of hydrogen-bond acceptors (Lipinski definition) is 2. The van der Waals surface area contributed by atoms with Gasteiger partial charge in [0.05, 0.1) is 23.9 Å². The first-order chi connectivity index (χ1) is 11.3. The fourth-order valence-corrected chi connectivity index (χ4v) is 3.30. The monoisotopic (exact) mass is 299 g/mol. The number of para-hydroxylation sites is 1. The van der Waals surface area contributed by atoms with E-state index >= 15 is 0 Å². The molecule has 4 rings (SSSR count). The number of benzene rings is 2. The molecule has 3 nitrogen and oxygen atoms in total. The largest absolute Gasteiger partial charge is 0.240 e. The highest BCUT2D eigenvalue weighted by molar-refractivity contribution is 5.65. The molecule has 1 aliphatic rings. The molecule has 0 fully saturated rings. The van der Waals surface area contributed by atoms with Crippen molar-refractivity contribution in [2.45, 2.75) is 25.7 Å². The van der Waals surface area contributed by atoms with Gasteiger partial charge in [-0.15, -0.1) is 0 Å². The summed E-state index contributed by atoms with van der Waals surface area (Å²) < 4.78 is 1.87. The molecule has 1 aromatic heterocycles. The summed E-state index contributed by atoms with van der Waals surface area (Å²) in [5.41, 5.74) is 6.92. The van der Waals surface area contributed by atoms with Crippen LogP contribution in [0.3, 0.4) is 0 Å². The third-order valence-electron chi connectivity index (χ3n) is 4.45. The maximum atomic E-state index is 9.14. The lowest BCUT2D eigenvalue weighted by Crippen LogP contribution is -1.94. The van der Waals surface area contributed by atoms with Crippen molar-refractivity contribution in [1.29, 1.82) is 5.26 Å². The second-order valence-electron chi connectivity index (χ2n) is 5.95. The molecule has 0 amide bonds. The van der Waals surface area contributed by atoms with Gasteiger partial charge in [-0.25, -0.2) is 4.68 Å². The van der Waals surface area contributed by atoms with Crippen LogP contribution in [0.5, 0.6) is 0 Å². The van der Waals surface area contributed by atoms with Gasteiger partial charge >= 0.3 is 0 Å². The first-order valence-corrected chi connectivity index (χ1v) is 7.98. The number of aromatic nitrogens is 2. The van der Waals surface area contributed by atoms with E-state index in [0.29, 0.717) is 6.42 Å². The van der Waals surface area contributed by atoms with Gasteiger partial charge in [0.2, 0.25) is 0 Å². The van der Waals surface area contributed by atoms with Crippen molar-refractivity contribution in [3.8, 4) is 23.0 Å². The summed E-state index contributed by atoms with van der Waals surface area (Å²) in [6, 6.07) is 18.9. The van der Waals surface area contributed by atoms with Crippen molar-refractivity contribution in [2.24, 2.45) is 0 Å². The number of nitrogens with zero attached hydrogens (tertiary/aromatic N) is 3. The minimum Gasteiger partial charge on any atom is -0.240 e. The fraction of sp³-hybridized carbons (Fsp3) is 0.200. The highest BCUT2D eigenvalue weighted by Gasteiger charge is 2.16. The molecule has 1 aliphatic carbocycles. The highest BCUT2D eigenvalue weighted by Crippen LogP contribution is 2.30. The molecule has 0 spiro atoms. The quantitative estimate of drug-likeness (QED) is 0.731. The first-order valence-electron chi connectivity index (χ1n) is 7.98. The van der Waals surface area contributed by atoms with Crippen LogP contribution in [-0.2, 0) is 19.3 Å². The van der Waals surface area contributed by atoms with Crippen LogP contribution < -0.4 is 0 Å². The van der Waals surface area contributed by atoms with Crippen molar-refractivity contribution >= 4 is 0 Å². The summed E-state index contributed by atoms with van der Waals surface area (Å²) in [5.74, 6) is 0. The van der Waals surface area contributed by atoms with Crippen LogP contribution in [0.2, 0.25) is 0 Å². The van der Waals surface area contributed by atoms with E-state index in [2.05, 4.69) is 24.3 Å². The maximum Gasteiger partial charge on any atom is 0.0970 e. The van der Waals surface area contributed by atoms with E-state index in [4.69, 9.17) is 10.4 Å². The van der Waals surface area contributed by atoms with Gasteiger partial charge < -0.3 is 0 Å². The second-order valence-corrected chi connectivity index (χ2v) is 5.95. The van der Waals surface area contributed by atoms with Gasteiger partial charge in [0.15, 0.2) is 0 Å². The second kappa shape index (κ2) is 5.73. The Kier molecular flexibility index (Phi) is 3.44. The SMILES string of the molecule is N#CCc1cn(-c2ccccc2)nc1-c1ccc2c(c1)CCC2. The summed E-state index contributed by atoms with van der Waals surface area (Å²) >= 11 is 0. The van der Waals surface area contributed by atoms with E-state index in [9.17, 15) is 0 Å². The summed E-state index contributed by atoms with van der Waals surface area (Å²) in [4.78, 5) is 0. The zero-order chi connectivity index (χ0) is 15.6. The highest BCUT2D eigenvalue weighted by atomic mass is 15.3. The van der Waals surface area contributed by atoms with Crippen LogP contribution in [0.1, 0.15) is 23.1 Å². The van der Waals surface area contributed by atoms with E-state index in [1.165, 1.54) is 24.0 Å². The van der Waals surface area contributed by atoms with E-state index in [1.54, 1.807) is 0 Å². The molecule has 0 aliphatic heterocycles. The molecule has 0 unspecified atom stereocenters. The van der Waals surface area contributed by atoms with Crippen LogP contribution >= 0.6 is 0 Å². The van der Waals surface area contributed by atoms with E-state index in [-0.39, 0.29) is 0 Å². The van der Waals surface area contributed by atoms with Crippen molar-refractivity contribution < 1.29 is 0 Å². The van der Waals surface area contributed by atoms with Gasteiger partial charge in [0, 0.05) is 17.3 Å². The molecule has 2 aromatic carbocycles. The fourth-order valence-electron chi connectivity index (χ4n) is 3.30. The van der Waals surface area contributed by atoms with Gasteiger partial charge in [-0.2, -0.15) is 10.4 Å². The third-order valence-corrected chi connectivity index (χ3v) is 4.45. The number of hydrogen-bond donors (Lipinski definition) is 0. The number of rotatable bonds is 3. The lowest BCUT2D eigenvalue weighted by molar-refractivity contribution is 0.883. The maximum absolute atomic E-state index is 9.14. The molecule has 0 saturated carbocycles. The standard InChI is InChI=1S/C20H17N3/c21-12-11-18-14-23(19-7-2-1-3-8-19)22-20(18)17-10-9-15-5-4-6-16(15)13-17/h1-3,7-10,13-14H,4-6,11H2. The molecule has 3 heteroatoms. The lowest BCUT2D eigenvalue weighted by Gasteiger charge is -2.04. The molecule has 0 radical (unpaired) electrons. The Morgan fingerprint density at radius 3 is 2.70 bits per heavy atom. The molecular weight excluding hydrogens is 282 g/mol. The Labute approximate surface area is 135 Å². The van der Waals surface area contributed by atoms with Crippen LogP contribution in [-0.4, -0.2) is 9.78 Å². The number of nitriles is 1. The normalized spacial score (nSPS) is 12.8. The minimum absolute atomic E-state index is 0.374. The van der Waals surface area contributed by atoms with E-state index < -0.39 is 0 Å². The third kappa shape index (κ3) is 2.53. The Morgan fingerprint density at radius 1 is 1.04 bits per heavy atom. The summed E-state index contributed by atoms with van der Waals surface area (Å²) in [6.07, 6.45) is 5.91. The van der Waals surface area contributed by atoms with Crippen LogP contribution in [0, 0.1) is 11.3 Å². The van der Waals surface area contributed by atoms with Crippen molar-refractivity contribution in [3.63, 3.8) is 0 Å². The number of fused-ring (bicyclic) bond motifs is 1. The van der Waals surface area contributed by atoms with E-state index in [1.807, 2.05) is 41.2 Å². The van der Waals surface area contributed by atoms with Crippen LogP contribution in [0.4, 0.5) is 0 Å². The van der Waals surface area contributed by atoms with Crippen molar-refractivity contribution in [3.05, 3.63) is 71.4 Å². The lowest BCUT2D eigenvalue weighted by atomic mass is 10.0. The molecule has 0 N–H and O–H groups in total. The molecule has 0 saturated heterocycles. The molecular formula is C20H17N3. The van der Waals surface area contributed by atoms with Gasteiger partial charge in [-0.3, -0.25) is 0 Å². The number of aryl methyl sites for hydroxylation is 2. The predicted octanol–water partition coefficient (Wildman–Crippen LogP) is 4.09. The first kappa shape index (κ1) is 13.8. The minimum atomic E-state index is 0.374. The zero-order valence-electron chi connectivity index (χ0n) is 12.9. The smallest absolute Gasteiger partial charge is 0.0970 e. The Balaban J connectivity index is 1.81. The molecule has 0 bridgehead atoms. The predicted molar refractivity (Wildman–Crippen MR) is 90.3 cm³/mol. The van der Waals surface area contributed by atoms with Crippen molar-refractivity contribution in [2.75, 3.05) is 0 Å². The summed E-state index contributed by atoms with van der Waals surface area (Å²) in [7, 11) is 0. The van der Waals surface area contributed by atoms with Crippen LogP contribution in [0.15, 0.2) is 54.7 Å². The van der Waals surface area contributed by atoms with Gasteiger partial charge in [0.25, 0.3) is 0 Å². The summed E-state index contributed by atoms with van der Waals surface area (Å²) in [5, 5.41) is 13.9. The van der Waals surface area contributed by atoms with Gasteiger partial charge in [-0.1, -0.05) is 30.3 Å². The molecule has 3 aromatic rings. The topological polar surface area (TPSA) is 41.6 Å². The van der Waals surface area contributed by atoms with Gasteiger partial charge in [0.1, 0.15) is 0 Å². The molecule has 23 heavy (non-hydrogen) atoms. The molecule has 0 atom stereocenters. The molecule has 112 valence electrons. The Bertz CT molecular complexity index is 885. The average Bonchev–Trinajstić information content (AvgIpc) is 3.22. The summed E-state index contributed by atoms with van der Waals surface area (Å²) in [6.45, 7) is 0. The Hall–Kier alpha value is -2.86. The van der Waals surface area contributed by atoms with E-state index in [0.717, 1.165) is 28.9 Å². The molecule has 1 heterocycles. The van der Waals surface area contributed by atoms with Crippen LogP contribution in [0.25, 0.3) is 16.9 Å². The van der Waals surface area contributed by atoms with Gasteiger partial charge in [-0.05, 0) is 48.6 Å². The van der Waals surface area contributed by atoms with Crippen molar-refractivity contribution in [1.82, 2.24) is 9.78 Å². The average molecular weight is 299 g/mol. The zero-order valence-corrected chi connectivity index (χ0v) is 12.9. The Morgan fingerprint density at radius 2 is 1.87 bits per heavy atom.